The minimum absolute atomic E-state index is 0.258. The number of nitrogens with one attached hydrogen (secondary N) is 1. The van der Waals surface area contributed by atoms with E-state index in [0.717, 1.165) is 5.56 Å². The highest BCUT2D eigenvalue weighted by Gasteiger charge is 2.03. The van der Waals surface area contributed by atoms with Gasteiger partial charge in [0.25, 0.3) is 0 Å². The quantitative estimate of drug-likeness (QED) is 0.861. The van der Waals surface area contributed by atoms with Gasteiger partial charge in [0.1, 0.15) is 11.6 Å². The first-order chi connectivity index (χ1) is 8.56. The van der Waals surface area contributed by atoms with Crippen molar-refractivity contribution in [1.29, 1.82) is 0 Å². The lowest BCUT2D eigenvalue weighted by molar-refractivity contribution is 0.616. The summed E-state index contributed by atoms with van der Waals surface area (Å²) in [6.07, 6.45) is 0. The second-order valence-corrected chi connectivity index (χ2v) is 4.50. The average Bonchev–Trinajstić information content (AvgIpc) is 2.32. The van der Waals surface area contributed by atoms with Gasteiger partial charge in [-0.3, -0.25) is 0 Å². The van der Waals surface area contributed by atoms with Crippen LogP contribution in [0.1, 0.15) is 11.1 Å². The molecule has 0 unspecified atom stereocenters. The van der Waals surface area contributed by atoms with E-state index < -0.39 is 5.82 Å². The number of rotatable bonds is 3. The predicted octanol–water partition coefficient (Wildman–Crippen LogP) is 4.54. The molecule has 0 spiro atoms. The normalized spacial score (nSPS) is 10.4. The van der Waals surface area contributed by atoms with Gasteiger partial charge in [-0.1, -0.05) is 23.7 Å². The minimum Gasteiger partial charge on any atom is -0.379 e. The second kappa shape index (κ2) is 5.36. The number of hydrogen-bond donors (Lipinski definition) is 1. The molecular weight excluding hydrogens is 256 g/mol. The molecule has 0 amide bonds. The molecule has 0 aliphatic rings. The van der Waals surface area contributed by atoms with Gasteiger partial charge in [0.2, 0.25) is 0 Å². The molecule has 0 aromatic heterocycles. The molecule has 0 bridgehead atoms. The van der Waals surface area contributed by atoms with Crippen molar-refractivity contribution in [3.8, 4) is 0 Å². The summed E-state index contributed by atoms with van der Waals surface area (Å²) in [7, 11) is 0. The van der Waals surface area contributed by atoms with Gasteiger partial charge >= 0.3 is 0 Å². The van der Waals surface area contributed by atoms with Crippen molar-refractivity contribution in [2.75, 3.05) is 5.32 Å². The highest BCUT2D eigenvalue weighted by Crippen LogP contribution is 2.19. The lowest BCUT2D eigenvalue weighted by atomic mass is 10.1. The topological polar surface area (TPSA) is 12.0 Å². The third-order valence-corrected chi connectivity index (χ3v) is 2.89. The third kappa shape index (κ3) is 2.99. The minimum atomic E-state index is -0.421. The van der Waals surface area contributed by atoms with Gasteiger partial charge in [0.15, 0.2) is 0 Å². The molecule has 1 nitrogen and oxygen atoms in total. The summed E-state index contributed by atoms with van der Waals surface area (Å²) < 4.78 is 26.8. The van der Waals surface area contributed by atoms with Crippen molar-refractivity contribution in [3.63, 3.8) is 0 Å². The van der Waals surface area contributed by atoms with Crippen LogP contribution in [0, 0.1) is 18.6 Å². The van der Waals surface area contributed by atoms with Crippen LogP contribution in [0.4, 0.5) is 14.5 Å². The highest BCUT2D eigenvalue weighted by atomic mass is 35.5. The van der Waals surface area contributed by atoms with E-state index in [-0.39, 0.29) is 5.82 Å². The monoisotopic (exact) mass is 267 g/mol. The lowest BCUT2D eigenvalue weighted by Gasteiger charge is -2.08. The summed E-state index contributed by atoms with van der Waals surface area (Å²) in [5.74, 6) is -0.680. The molecule has 0 fully saturated rings. The van der Waals surface area contributed by atoms with Gasteiger partial charge in [-0.25, -0.2) is 8.78 Å². The molecule has 1 N–H and O–H groups in total. The summed E-state index contributed by atoms with van der Waals surface area (Å²) >= 11 is 5.65. The standard InChI is InChI=1S/C14H12ClF2N/c1-9-2-3-10(6-12(9)16)8-18-14-5-4-11(15)7-13(14)17/h2-7,18H,8H2,1H3. The van der Waals surface area contributed by atoms with E-state index >= 15 is 0 Å². The van der Waals surface area contributed by atoms with E-state index in [1.54, 1.807) is 31.2 Å². The number of anilines is 1. The van der Waals surface area contributed by atoms with Crippen molar-refractivity contribution < 1.29 is 8.78 Å². The SMILES string of the molecule is Cc1ccc(CNc2ccc(Cl)cc2F)cc1F. The number of hydrogen-bond acceptors (Lipinski definition) is 1. The summed E-state index contributed by atoms with van der Waals surface area (Å²) in [6.45, 7) is 2.06. The van der Waals surface area contributed by atoms with Crippen LogP contribution in [0.5, 0.6) is 0 Å². The van der Waals surface area contributed by atoms with Gasteiger partial charge in [-0.15, -0.1) is 0 Å². The van der Waals surface area contributed by atoms with Crippen molar-refractivity contribution in [3.05, 3.63) is 64.2 Å². The highest BCUT2D eigenvalue weighted by molar-refractivity contribution is 6.30. The molecule has 18 heavy (non-hydrogen) atoms. The van der Waals surface area contributed by atoms with Crippen LogP contribution in [0.25, 0.3) is 0 Å². The summed E-state index contributed by atoms with van der Waals surface area (Å²) in [6, 6.07) is 9.34. The van der Waals surface area contributed by atoms with E-state index in [0.29, 0.717) is 22.8 Å². The third-order valence-electron chi connectivity index (χ3n) is 2.65. The Labute approximate surface area is 109 Å². The van der Waals surface area contributed by atoms with E-state index in [1.165, 1.54) is 12.1 Å². The van der Waals surface area contributed by atoms with Crippen LogP contribution in [0.2, 0.25) is 5.02 Å². The van der Waals surface area contributed by atoms with E-state index in [1.807, 2.05) is 0 Å². The van der Waals surface area contributed by atoms with Crippen molar-refractivity contribution >= 4 is 17.3 Å². The van der Waals surface area contributed by atoms with Gasteiger partial charge in [-0.05, 0) is 42.3 Å². The first kappa shape index (κ1) is 12.8. The molecule has 2 aromatic carbocycles. The molecule has 0 saturated heterocycles. The Morgan fingerprint density at radius 2 is 1.83 bits per heavy atom. The second-order valence-electron chi connectivity index (χ2n) is 4.06. The van der Waals surface area contributed by atoms with Gasteiger partial charge < -0.3 is 5.32 Å². The molecule has 2 rings (SSSR count). The van der Waals surface area contributed by atoms with E-state index in [2.05, 4.69) is 5.32 Å². The molecule has 94 valence electrons. The average molecular weight is 268 g/mol. The Morgan fingerprint density at radius 3 is 2.50 bits per heavy atom. The summed E-state index contributed by atoms with van der Waals surface area (Å²) in [5, 5.41) is 3.25. The fourth-order valence-corrected chi connectivity index (χ4v) is 1.74. The van der Waals surface area contributed by atoms with Crippen molar-refractivity contribution in [2.45, 2.75) is 13.5 Å². The largest absolute Gasteiger partial charge is 0.379 e. The Kier molecular flexibility index (Phi) is 3.82. The first-order valence-corrected chi connectivity index (χ1v) is 5.88. The zero-order chi connectivity index (χ0) is 13.1. The predicted molar refractivity (Wildman–Crippen MR) is 69.9 cm³/mol. The van der Waals surface area contributed by atoms with Gasteiger partial charge in [-0.2, -0.15) is 0 Å². The molecule has 0 radical (unpaired) electrons. The van der Waals surface area contributed by atoms with Crippen LogP contribution in [0.15, 0.2) is 36.4 Å². The molecule has 0 atom stereocenters. The molecule has 0 aliphatic carbocycles. The van der Waals surface area contributed by atoms with Crippen molar-refractivity contribution in [1.82, 2.24) is 0 Å². The lowest BCUT2D eigenvalue weighted by Crippen LogP contribution is -2.02. The molecular formula is C14H12ClF2N. The van der Waals surface area contributed by atoms with Crippen LogP contribution < -0.4 is 5.32 Å². The Balaban J connectivity index is 2.09. The zero-order valence-corrected chi connectivity index (χ0v) is 10.6. The van der Waals surface area contributed by atoms with E-state index in [4.69, 9.17) is 11.6 Å². The number of aryl methyl sites for hydroxylation is 1. The maximum absolute atomic E-state index is 13.5. The maximum Gasteiger partial charge on any atom is 0.147 e. The van der Waals surface area contributed by atoms with Crippen LogP contribution in [-0.2, 0) is 6.54 Å². The van der Waals surface area contributed by atoms with Crippen LogP contribution in [-0.4, -0.2) is 0 Å². The fourth-order valence-electron chi connectivity index (χ4n) is 1.58. The molecule has 0 heterocycles. The molecule has 0 saturated carbocycles. The van der Waals surface area contributed by atoms with Crippen LogP contribution >= 0.6 is 11.6 Å². The van der Waals surface area contributed by atoms with Gasteiger partial charge in [0.05, 0.1) is 5.69 Å². The number of benzene rings is 2. The molecule has 2 aromatic rings. The fraction of sp³-hybridized carbons (Fsp3) is 0.143. The van der Waals surface area contributed by atoms with E-state index in [9.17, 15) is 8.78 Å². The van der Waals surface area contributed by atoms with Crippen molar-refractivity contribution in [2.24, 2.45) is 0 Å². The Morgan fingerprint density at radius 1 is 1.06 bits per heavy atom. The number of halogens is 3. The first-order valence-electron chi connectivity index (χ1n) is 5.50. The van der Waals surface area contributed by atoms with Gasteiger partial charge in [0, 0.05) is 11.6 Å². The molecule has 4 heteroatoms. The Bertz CT molecular complexity index is 570. The Hall–Kier alpha value is -1.61. The summed E-state index contributed by atoms with van der Waals surface area (Å²) in [5.41, 5.74) is 1.70. The zero-order valence-electron chi connectivity index (χ0n) is 9.81. The summed E-state index contributed by atoms with van der Waals surface area (Å²) in [4.78, 5) is 0. The van der Waals surface area contributed by atoms with Crippen LogP contribution in [0.3, 0.4) is 0 Å². The molecule has 0 aliphatic heterocycles. The smallest absolute Gasteiger partial charge is 0.147 e. The maximum atomic E-state index is 13.5.